The molecular weight excluding hydrogens is 429 g/mol. The lowest BCUT2D eigenvalue weighted by molar-refractivity contribution is 0.0956. The molecule has 11 heteroatoms. The van der Waals surface area contributed by atoms with Crippen molar-refractivity contribution in [1.29, 1.82) is 0 Å². The molecule has 0 atom stereocenters. The molecule has 0 bridgehead atoms. The monoisotopic (exact) mass is 437 g/mol. The van der Waals surface area contributed by atoms with Crippen molar-refractivity contribution in [1.82, 2.24) is 5.32 Å². The van der Waals surface area contributed by atoms with Gasteiger partial charge in [-0.05, 0) is 28.1 Å². The van der Waals surface area contributed by atoms with Gasteiger partial charge in [-0.3, -0.25) is 4.79 Å². The van der Waals surface area contributed by atoms with Crippen molar-refractivity contribution >= 4 is 63.0 Å². The van der Waals surface area contributed by atoms with Crippen molar-refractivity contribution < 1.29 is 21.6 Å². The van der Waals surface area contributed by atoms with Crippen molar-refractivity contribution in [3.05, 3.63) is 27.2 Å². The van der Waals surface area contributed by atoms with Crippen LogP contribution in [0.3, 0.4) is 0 Å². The summed E-state index contributed by atoms with van der Waals surface area (Å²) in [7, 11) is -2.06. The molecule has 0 aromatic heterocycles. The van der Waals surface area contributed by atoms with Crippen molar-refractivity contribution in [3.8, 4) is 0 Å². The van der Waals surface area contributed by atoms with Gasteiger partial charge in [0, 0.05) is 29.0 Å². The molecule has 6 nitrogen and oxygen atoms in total. The minimum atomic E-state index is -4.09. The van der Waals surface area contributed by atoms with Crippen LogP contribution in [0.25, 0.3) is 0 Å². The van der Waals surface area contributed by atoms with Crippen LogP contribution < -0.4 is 5.32 Å². The smallest absolute Gasteiger partial charge is 0.262 e. The van der Waals surface area contributed by atoms with Crippen LogP contribution in [0.2, 0.25) is 5.02 Å². The summed E-state index contributed by atoms with van der Waals surface area (Å²) in [4.78, 5) is 11.5. The van der Waals surface area contributed by atoms with Gasteiger partial charge in [0.15, 0.2) is 0 Å². The molecule has 0 aliphatic rings. The highest BCUT2D eigenvalue weighted by Gasteiger charge is 2.20. The van der Waals surface area contributed by atoms with Gasteiger partial charge in [-0.15, -0.1) is 0 Å². The third kappa shape index (κ3) is 5.74. The number of sulfone groups is 1. The molecule has 0 fully saturated rings. The highest BCUT2D eigenvalue weighted by molar-refractivity contribution is 9.10. The van der Waals surface area contributed by atoms with Crippen LogP contribution in [-0.2, 0) is 18.9 Å². The van der Waals surface area contributed by atoms with Gasteiger partial charge in [-0.2, -0.15) is 0 Å². The number of amides is 1. The van der Waals surface area contributed by atoms with E-state index in [1.807, 2.05) is 0 Å². The molecule has 0 aliphatic carbocycles. The third-order valence-electron chi connectivity index (χ3n) is 2.28. The summed E-state index contributed by atoms with van der Waals surface area (Å²) in [6.07, 6.45) is 1.04. The molecule has 0 unspecified atom stereocenters. The molecule has 21 heavy (non-hydrogen) atoms. The van der Waals surface area contributed by atoms with Crippen molar-refractivity contribution in [2.45, 2.75) is 4.90 Å². The van der Waals surface area contributed by atoms with E-state index in [0.717, 1.165) is 12.3 Å². The minimum absolute atomic E-state index is 0.00927. The molecule has 0 spiro atoms. The molecule has 0 saturated heterocycles. The number of carbonyl (C=O) groups excluding carboxylic acids is 1. The van der Waals surface area contributed by atoms with Gasteiger partial charge in [0.25, 0.3) is 15.0 Å². The number of nitrogens with one attached hydrogen (secondary N) is 1. The fourth-order valence-electron chi connectivity index (χ4n) is 1.32. The lowest BCUT2D eigenvalue weighted by Gasteiger charge is -2.08. The number of halogens is 3. The zero-order valence-corrected chi connectivity index (χ0v) is 15.3. The van der Waals surface area contributed by atoms with E-state index in [0.29, 0.717) is 0 Å². The molecule has 1 N–H and O–H groups in total. The predicted octanol–water partition coefficient (Wildman–Crippen LogP) is 1.80. The Morgan fingerprint density at radius 1 is 1.29 bits per heavy atom. The molecule has 0 radical (unpaired) electrons. The van der Waals surface area contributed by atoms with Crippen LogP contribution in [0.5, 0.6) is 0 Å². The maximum Gasteiger partial charge on any atom is 0.262 e. The van der Waals surface area contributed by atoms with Gasteiger partial charge in [-0.1, -0.05) is 11.6 Å². The van der Waals surface area contributed by atoms with E-state index in [-0.39, 0.29) is 32.3 Å². The lowest BCUT2D eigenvalue weighted by atomic mass is 10.2. The van der Waals surface area contributed by atoms with Gasteiger partial charge in [0.2, 0.25) is 0 Å². The topological polar surface area (TPSA) is 97.4 Å². The lowest BCUT2D eigenvalue weighted by Crippen LogP contribution is -2.28. The zero-order chi connectivity index (χ0) is 16.4. The van der Waals surface area contributed by atoms with E-state index in [4.69, 9.17) is 22.3 Å². The van der Waals surface area contributed by atoms with Crippen LogP contribution >= 0.6 is 38.2 Å². The van der Waals surface area contributed by atoms with Gasteiger partial charge in [0.05, 0.1) is 20.1 Å². The summed E-state index contributed by atoms with van der Waals surface area (Å²) in [5.41, 5.74) is -0.0454. The first-order valence-corrected chi connectivity index (χ1v) is 10.9. The maximum atomic E-state index is 11.9. The first-order chi connectivity index (χ1) is 9.42. The third-order valence-corrected chi connectivity index (χ3v) is 6.21. The minimum Gasteiger partial charge on any atom is -0.351 e. The molecule has 0 heterocycles. The van der Waals surface area contributed by atoms with E-state index < -0.39 is 24.8 Å². The Hall–Kier alpha value is -0.350. The Balaban J connectivity index is 3.04. The Bertz CT molecular complexity index is 777. The van der Waals surface area contributed by atoms with E-state index >= 15 is 0 Å². The summed E-state index contributed by atoms with van der Waals surface area (Å²) >= 11 is 8.80. The Labute approximate surface area is 140 Å². The number of hydrogen-bond donors (Lipinski definition) is 1. The van der Waals surface area contributed by atoms with E-state index in [1.165, 1.54) is 6.07 Å². The molecule has 0 saturated carbocycles. The van der Waals surface area contributed by atoms with Crippen LogP contribution in [0.15, 0.2) is 21.5 Å². The second-order valence-corrected chi connectivity index (χ2v) is 10.1. The van der Waals surface area contributed by atoms with Gasteiger partial charge < -0.3 is 5.32 Å². The second kappa shape index (κ2) is 6.82. The van der Waals surface area contributed by atoms with E-state index in [9.17, 15) is 21.6 Å². The Morgan fingerprint density at radius 3 is 2.33 bits per heavy atom. The SMILES string of the molecule is CS(=O)(=O)CCNC(=O)c1cc(Cl)c(Br)c(S(=O)(=O)Cl)c1. The second-order valence-electron chi connectivity index (χ2n) is 4.09. The average molecular weight is 439 g/mol. The number of rotatable bonds is 5. The molecule has 1 aromatic rings. The average Bonchev–Trinajstić information content (AvgIpc) is 2.29. The van der Waals surface area contributed by atoms with Gasteiger partial charge in [0.1, 0.15) is 9.84 Å². The Morgan fingerprint density at radius 2 is 1.86 bits per heavy atom. The Kier molecular flexibility index (Phi) is 6.08. The molecular formula is C10H10BrCl2NO5S2. The normalized spacial score (nSPS) is 12.2. The van der Waals surface area contributed by atoms with Gasteiger partial charge >= 0.3 is 0 Å². The van der Waals surface area contributed by atoms with Crippen molar-refractivity contribution in [2.75, 3.05) is 18.6 Å². The number of hydrogen-bond acceptors (Lipinski definition) is 5. The summed E-state index contributed by atoms with van der Waals surface area (Å²) in [5.74, 6) is -0.890. The molecule has 1 rings (SSSR count). The van der Waals surface area contributed by atoms with Crippen LogP contribution in [-0.4, -0.2) is 41.3 Å². The first kappa shape index (κ1) is 18.7. The zero-order valence-electron chi connectivity index (χ0n) is 10.6. The summed E-state index contributed by atoms with van der Waals surface area (Å²) in [6, 6.07) is 2.29. The first-order valence-electron chi connectivity index (χ1n) is 5.31. The fourth-order valence-corrected chi connectivity index (χ4v) is 4.18. The fraction of sp³-hybridized carbons (Fsp3) is 0.300. The highest BCUT2D eigenvalue weighted by atomic mass is 79.9. The van der Waals surface area contributed by atoms with E-state index in [2.05, 4.69) is 21.2 Å². The largest absolute Gasteiger partial charge is 0.351 e. The number of carbonyl (C=O) groups is 1. The van der Waals surface area contributed by atoms with Crippen LogP contribution in [0, 0.1) is 0 Å². The van der Waals surface area contributed by atoms with Gasteiger partial charge in [-0.25, -0.2) is 16.8 Å². The predicted molar refractivity (Wildman–Crippen MR) is 84.2 cm³/mol. The van der Waals surface area contributed by atoms with Crippen LogP contribution in [0.1, 0.15) is 10.4 Å². The highest BCUT2D eigenvalue weighted by Crippen LogP contribution is 2.33. The molecule has 0 aliphatic heterocycles. The summed E-state index contributed by atoms with van der Waals surface area (Å²) in [6.45, 7) is -0.103. The number of benzene rings is 1. The summed E-state index contributed by atoms with van der Waals surface area (Å²) < 4.78 is 44.7. The standard InChI is InChI=1S/C10H10BrCl2NO5S2/c1-20(16,17)3-2-14-10(15)6-4-7(12)9(11)8(5-6)21(13,18)19/h4-5H,2-3H2,1H3,(H,14,15). The summed E-state index contributed by atoms with van der Waals surface area (Å²) in [5, 5.41) is 2.34. The molecule has 1 aromatic carbocycles. The van der Waals surface area contributed by atoms with E-state index in [1.54, 1.807) is 0 Å². The maximum absolute atomic E-state index is 11.9. The quantitative estimate of drug-likeness (QED) is 0.707. The van der Waals surface area contributed by atoms with Crippen molar-refractivity contribution in [2.24, 2.45) is 0 Å². The van der Waals surface area contributed by atoms with Crippen molar-refractivity contribution in [3.63, 3.8) is 0 Å². The van der Waals surface area contributed by atoms with Crippen LogP contribution in [0.4, 0.5) is 0 Å². The molecule has 1 amide bonds. The molecule has 118 valence electrons.